The lowest BCUT2D eigenvalue weighted by Crippen LogP contribution is -2.32. The van der Waals surface area contributed by atoms with Crippen LogP contribution in [0.15, 0.2) is 72.4 Å². The quantitative estimate of drug-likeness (QED) is 0.507. The van der Waals surface area contributed by atoms with Crippen LogP contribution in [0, 0.1) is 11.6 Å². The fourth-order valence-electron chi connectivity index (χ4n) is 3.63. The predicted octanol–water partition coefficient (Wildman–Crippen LogP) is 5.49. The molecule has 4 rings (SSSR count). The normalized spacial score (nSPS) is 13.8. The Morgan fingerprint density at radius 1 is 0.848 bits per heavy atom. The molecule has 33 heavy (non-hydrogen) atoms. The summed E-state index contributed by atoms with van der Waals surface area (Å²) < 4.78 is 32.5. The van der Waals surface area contributed by atoms with Gasteiger partial charge >= 0.3 is 0 Å². The lowest BCUT2D eigenvalue weighted by molar-refractivity contribution is -0.120. The maximum atomic E-state index is 13.9. The molecule has 0 aliphatic carbocycles. The molecule has 1 aliphatic heterocycles. The highest BCUT2D eigenvalue weighted by Gasteiger charge is 2.40. The van der Waals surface area contributed by atoms with E-state index in [9.17, 15) is 18.4 Å². The van der Waals surface area contributed by atoms with Gasteiger partial charge in [0, 0.05) is 11.8 Å². The second-order valence-corrected chi connectivity index (χ2v) is 7.92. The molecule has 0 fully saturated rings. The van der Waals surface area contributed by atoms with Gasteiger partial charge in [-0.1, -0.05) is 38.1 Å². The Morgan fingerprint density at radius 2 is 1.52 bits per heavy atom. The van der Waals surface area contributed by atoms with Crippen molar-refractivity contribution in [2.24, 2.45) is 0 Å². The Balaban J connectivity index is 1.78. The third-order valence-corrected chi connectivity index (χ3v) is 5.47. The van der Waals surface area contributed by atoms with Crippen LogP contribution >= 0.6 is 0 Å². The standard InChI is InChI=1S/C26H22F2N2O3/c1-15(2)16-4-8-18(9-5-16)29-24-23(17-6-11-20(33-3)12-7-17)25(31)30(26(24)32)19-10-13-21(27)22(28)14-19/h4-15,29H,1-3H3. The third-order valence-electron chi connectivity index (χ3n) is 5.47. The molecule has 0 unspecified atom stereocenters. The molecule has 1 N–H and O–H groups in total. The van der Waals surface area contributed by atoms with Gasteiger partial charge in [-0.15, -0.1) is 0 Å². The summed E-state index contributed by atoms with van der Waals surface area (Å²) in [6.07, 6.45) is 0. The Kier molecular flexibility index (Phi) is 5.96. The molecule has 1 aliphatic rings. The first-order chi connectivity index (χ1) is 15.8. The first-order valence-corrected chi connectivity index (χ1v) is 10.4. The number of amides is 2. The molecule has 0 saturated heterocycles. The largest absolute Gasteiger partial charge is 0.497 e. The molecular weight excluding hydrogens is 426 g/mol. The van der Waals surface area contributed by atoms with Gasteiger partial charge in [0.05, 0.1) is 18.4 Å². The fraction of sp³-hybridized carbons (Fsp3) is 0.154. The third kappa shape index (κ3) is 4.22. The predicted molar refractivity (Wildman–Crippen MR) is 123 cm³/mol. The molecule has 0 bridgehead atoms. The van der Waals surface area contributed by atoms with Gasteiger partial charge < -0.3 is 10.1 Å². The number of anilines is 2. The number of nitrogens with one attached hydrogen (secondary N) is 1. The van der Waals surface area contributed by atoms with Crippen molar-refractivity contribution in [3.8, 4) is 5.75 Å². The molecule has 3 aromatic rings. The van der Waals surface area contributed by atoms with Crippen LogP contribution in [0.2, 0.25) is 0 Å². The summed E-state index contributed by atoms with van der Waals surface area (Å²) in [5, 5.41) is 3.06. The molecule has 0 radical (unpaired) electrons. The van der Waals surface area contributed by atoms with Crippen molar-refractivity contribution < 1.29 is 23.1 Å². The first kappa shape index (κ1) is 22.2. The highest BCUT2D eigenvalue weighted by atomic mass is 19.2. The van der Waals surface area contributed by atoms with Crippen LogP contribution in [0.5, 0.6) is 5.75 Å². The number of carbonyl (C=O) groups excluding carboxylic acids is 2. The Hall–Kier alpha value is -4.00. The van der Waals surface area contributed by atoms with E-state index < -0.39 is 23.4 Å². The Morgan fingerprint density at radius 3 is 2.09 bits per heavy atom. The number of rotatable bonds is 6. The average molecular weight is 448 g/mol. The average Bonchev–Trinajstić information content (AvgIpc) is 3.05. The monoisotopic (exact) mass is 448 g/mol. The minimum Gasteiger partial charge on any atom is -0.497 e. The van der Waals surface area contributed by atoms with Gasteiger partial charge in [0.25, 0.3) is 11.8 Å². The summed E-state index contributed by atoms with van der Waals surface area (Å²) in [5.41, 5.74) is 2.35. The van der Waals surface area contributed by atoms with E-state index in [1.54, 1.807) is 24.3 Å². The van der Waals surface area contributed by atoms with E-state index in [0.717, 1.165) is 22.6 Å². The molecule has 3 aromatic carbocycles. The highest BCUT2D eigenvalue weighted by molar-refractivity contribution is 6.46. The van der Waals surface area contributed by atoms with Crippen molar-refractivity contribution in [2.45, 2.75) is 19.8 Å². The number of halogens is 2. The summed E-state index contributed by atoms with van der Waals surface area (Å²) in [4.78, 5) is 27.6. The lowest BCUT2D eigenvalue weighted by Gasteiger charge is -2.16. The van der Waals surface area contributed by atoms with Crippen molar-refractivity contribution in [3.63, 3.8) is 0 Å². The zero-order valence-corrected chi connectivity index (χ0v) is 18.4. The second-order valence-electron chi connectivity index (χ2n) is 7.92. The molecule has 0 aromatic heterocycles. The molecule has 0 atom stereocenters. The summed E-state index contributed by atoms with van der Waals surface area (Å²) in [5.74, 6) is -2.59. The van der Waals surface area contributed by atoms with E-state index in [2.05, 4.69) is 19.2 Å². The van der Waals surface area contributed by atoms with Gasteiger partial charge in [-0.05, 0) is 53.4 Å². The summed E-state index contributed by atoms with van der Waals surface area (Å²) in [6, 6.07) is 17.1. The van der Waals surface area contributed by atoms with Crippen LogP contribution in [-0.2, 0) is 9.59 Å². The molecule has 2 amide bonds. The fourth-order valence-corrected chi connectivity index (χ4v) is 3.63. The van der Waals surface area contributed by atoms with Crippen molar-refractivity contribution in [3.05, 3.63) is 95.2 Å². The maximum absolute atomic E-state index is 13.9. The van der Waals surface area contributed by atoms with Crippen molar-refractivity contribution in [2.75, 3.05) is 17.3 Å². The van der Waals surface area contributed by atoms with E-state index in [0.29, 0.717) is 22.9 Å². The number of hydrogen-bond donors (Lipinski definition) is 1. The Bertz CT molecular complexity index is 1250. The molecule has 5 nitrogen and oxygen atoms in total. The Labute approximate surface area is 190 Å². The minimum absolute atomic E-state index is 0.0483. The van der Waals surface area contributed by atoms with Crippen LogP contribution in [0.25, 0.3) is 5.57 Å². The maximum Gasteiger partial charge on any atom is 0.282 e. The molecule has 7 heteroatoms. The highest BCUT2D eigenvalue weighted by Crippen LogP contribution is 2.35. The summed E-state index contributed by atoms with van der Waals surface area (Å²) in [6.45, 7) is 4.15. The smallest absolute Gasteiger partial charge is 0.282 e. The summed E-state index contributed by atoms with van der Waals surface area (Å²) in [7, 11) is 1.52. The minimum atomic E-state index is -1.15. The van der Waals surface area contributed by atoms with E-state index >= 15 is 0 Å². The molecule has 0 spiro atoms. The van der Waals surface area contributed by atoms with Gasteiger partial charge in [0.15, 0.2) is 11.6 Å². The van der Waals surface area contributed by atoms with Gasteiger partial charge in [0.1, 0.15) is 11.4 Å². The number of carbonyl (C=O) groups is 2. The van der Waals surface area contributed by atoms with Crippen LogP contribution < -0.4 is 15.0 Å². The first-order valence-electron chi connectivity index (χ1n) is 10.4. The van der Waals surface area contributed by atoms with Gasteiger partial charge in [-0.3, -0.25) is 9.59 Å². The zero-order chi connectivity index (χ0) is 23.7. The SMILES string of the molecule is COc1ccc(C2=C(Nc3ccc(C(C)C)cc3)C(=O)N(c3ccc(F)c(F)c3)C2=O)cc1. The number of nitrogens with zero attached hydrogens (tertiary/aromatic N) is 1. The second kappa shape index (κ2) is 8.86. The van der Waals surface area contributed by atoms with Crippen molar-refractivity contribution in [1.29, 1.82) is 0 Å². The van der Waals surface area contributed by atoms with E-state index in [1.807, 2.05) is 24.3 Å². The van der Waals surface area contributed by atoms with Crippen LogP contribution in [-0.4, -0.2) is 18.9 Å². The molecule has 168 valence electrons. The number of ether oxygens (including phenoxy) is 1. The van der Waals surface area contributed by atoms with Crippen molar-refractivity contribution in [1.82, 2.24) is 0 Å². The lowest BCUT2D eigenvalue weighted by atomic mass is 10.0. The number of methoxy groups -OCH3 is 1. The van der Waals surface area contributed by atoms with Crippen LogP contribution in [0.3, 0.4) is 0 Å². The topological polar surface area (TPSA) is 58.6 Å². The van der Waals surface area contributed by atoms with Gasteiger partial charge in [-0.25, -0.2) is 13.7 Å². The molecule has 1 heterocycles. The van der Waals surface area contributed by atoms with E-state index in [1.165, 1.54) is 13.2 Å². The van der Waals surface area contributed by atoms with Crippen LogP contribution in [0.4, 0.5) is 20.2 Å². The molecular formula is C26H22F2N2O3. The van der Waals surface area contributed by atoms with Crippen molar-refractivity contribution >= 4 is 28.8 Å². The summed E-state index contributed by atoms with van der Waals surface area (Å²) >= 11 is 0. The van der Waals surface area contributed by atoms with E-state index in [4.69, 9.17) is 4.74 Å². The number of benzene rings is 3. The number of hydrogen-bond acceptors (Lipinski definition) is 4. The zero-order valence-electron chi connectivity index (χ0n) is 18.4. The van der Waals surface area contributed by atoms with Gasteiger partial charge in [-0.2, -0.15) is 0 Å². The molecule has 0 saturated carbocycles. The van der Waals surface area contributed by atoms with E-state index in [-0.39, 0.29) is 17.0 Å². The number of imide groups is 1. The van der Waals surface area contributed by atoms with Crippen LogP contribution in [0.1, 0.15) is 30.9 Å². The van der Waals surface area contributed by atoms with Gasteiger partial charge in [0.2, 0.25) is 0 Å².